The maximum absolute atomic E-state index is 6.19. The number of benzene rings is 1. The number of nitrogens with one attached hydrogen (secondary N) is 1. The first-order chi connectivity index (χ1) is 9.60. The van der Waals surface area contributed by atoms with Crippen molar-refractivity contribution in [1.82, 2.24) is 5.43 Å². The van der Waals surface area contributed by atoms with Gasteiger partial charge in [0.1, 0.15) is 5.75 Å². The first-order valence-electron chi connectivity index (χ1n) is 7.08. The molecule has 0 fully saturated rings. The lowest BCUT2D eigenvalue weighted by atomic mass is 10.0. The molecule has 1 aromatic carbocycles. The van der Waals surface area contributed by atoms with Gasteiger partial charge in [0, 0.05) is 23.2 Å². The van der Waals surface area contributed by atoms with E-state index in [4.69, 9.17) is 22.2 Å². The standard InChI is InChI=1S/C15H23ClN2OS/c1-10(2)8-20-9-14(18-17)7-12-6-13(16)5-11-3-4-19-15(11)12/h5-6,10,14,18H,3-4,7-9,17H2,1-2H3. The van der Waals surface area contributed by atoms with Crippen molar-refractivity contribution in [3.8, 4) is 5.75 Å². The van der Waals surface area contributed by atoms with Crippen molar-refractivity contribution in [2.45, 2.75) is 32.7 Å². The summed E-state index contributed by atoms with van der Waals surface area (Å²) in [6, 6.07) is 4.25. The summed E-state index contributed by atoms with van der Waals surface area (Å²) in [6.45, 7) is 5.22. The highest BCUT2D eigenvalue weighted by atomic mass is 35.5. The van der Waals surface area contributed by atoms with Crippen LogP contribution in [0.5, 0.6) is 5.75 Å². The average Bonchev–Trinajstić information content (AvgIpc) is 2.85. The molecule has 2 rings (SSSR count). The Labute approximate surface area is 130 Å². The quantitative estimate of drug-likeness (QED) is 0.600. The van der Waals surface area contributed by atoms with Gasteiger partial charge in [-0.05, 0) is 41.4 Å². The molecule has 0 saturated heterocycles. The number of hydrogen-bond donors (Lipinski definition) is 2. The molecule has 0 spiro atoms. The van der Waals surface area contributed by atoms with E-state index >= 15 is 0 Å². The van der Waals surface area contributed by atoms with Gasteiger partial charge in [-0.3, -0.25) is 11.3 Å². The fourth-order valence-corrected chi connectivity index (χ4v) is 3.74. The molecule has 1 unspecified atom stereocenters. The number of nitrogens with two attached hydrogens (primary N) is 1. The van der Waals surface area contributed by atoms with E-state index in [-0.39, 0.29) is 6.04 Å². The van der Waals surface area contributed by atoms with Crippen LogP contribution in [0.25, 0.3) is 0 Å². The average molecular weight is 315 g/mol. The molecule has 112 valence electrons. The van der Waals surface area contributed by atoms with Gasteiger partial charge >= 0.3 is 0 Å². The van der Waals surface area contributed by atoms with Crippen LogP contribution >= 0.6 is 23.4 Å². The van der Waals surface area contributed by atoms with E-state index in [1.165, 1.54) is 5.56 Å². The van der Waals surface area contributed by atoms with Gasteiger partial charge in [-0.2, -0.15) is 11.8 Å². The molecule has 1 aromatic rings. The third kappa shape index (κ3) is 4.29. The van der Waals surface area contributed by atoms with E-state index in [2.05, 4.69) is 19.3 Å². The Morgan fingerprint density at radius 1 is 1.40 bits per heavy atom. The predicted octanol–water partition coefficient (Wildman–Crippen LogP) is 3.04. The van der Waals surface area contributed by atoms with E-state index < -0.39 is 0 Å². The fourth-order valence-electron chi connectivity index (χ4n) is 2.38. The molecule has 3 nitrogen and oxygen atoms in total. The summed E-state index contributed by atoms with van der Waals surface area (Å²) < 4.78 is 5.74. The van der Waals surface area contributed by atoms with Crippen LogP contribution in [0, 0.1) is 5.92 Å². The van der Waals surface area contributed by atoms with Crippen molar-refractivity contribution in [3.63, 3.8) is 0 Å². The molecular formula is C15H23ClN2OS. The fraction of sp³-hybridized carbons (Fsp3) is 0.600. The molecule has 5 heteroatoms. The second kappa shape index (κ2) is 7.55. The Hall–Kier alpha value is -0.420. The smallest absolute Gasteiger partial charge is 0.125 e. The highest BCUT2D eigenvalue weighted by Crippen LogP contribution is 2.33. The summed E-state index contributed by atoms with van der Waals surface area (Å²) in [5.74, 6) is 9.56. The van der Waals surface area contributed by atoms with Gasteiger partial charge in [0.05, 0.1) is 6.61 Å². The van der Waals surface area contributed by atoms with Crippen LogP contribution in [0.4, 0.5) is 0 Å². The number of fused-ring (bicyclic) bond motifs is 1. The minimum atomic E-state index is 0.241. The minimum absolute atomic E-state index is 0.241. The summed E-state index contributed by atoms with van der Waals surface area (Å²) in [5, 5.41) is 0.787. The molecule has 0 radical (unpaired) electrons. The normalized spacial score (nSPS) is 15.2. The van der Waals surface area contributed by atoms with Gasteiger partial charge in [0.2, 0.25) is 0 Å². The number of hydrogen-bond acceptors (Lipinski definition) is 4. The SMILES string of the molecule is CC(C)CSCC(Cc1cc(Cl)cc2c1OCC2)NN. The number of halogens is 1. The predicted molar refractivity (Wildman–Crippen MR) is 87.6 cm³/mol. The van der Waals surface area contributed by atoms with Crippen LogP contribution in [-0.2, 0) is 12.8 Å². The van der Waals surface area contributed by atoms with E-state index in [1.807, 2.05) is 23.9 Å². The molecule has 0 aromatic heterocycles. The maximum atomic E-state index is 6.19. The Morgan fingerprint density at radius 3 is 2.90 bits per heavy atom. The van der Waals surface area contributed by atoms with Gasteiger partial charge in [-0.1, -0.05) is 25.4 Å². The van der Waals surface area contributed by atoms with Crippen molar-refractivity contribution in [1.29, 1.82) is 0 Å². The molecule has 0 amide bonds. The Bertz CT molecular complexity index is 454. The molecule has 3 N–H and O–H groups in total. The molecule has 0 bridgehead atoms. The number of rotatable bonds is 7. The zero-order chi connectivity index (χ0) is 14.5. The van der Waals surface area contributed by atoms with Gasteiger partial charge < -0.3 is 4.74 Å². The first kappa shape index (κ1) is 16.0. The summed E-state index contributed by atoms with van der Waals surface area (Å²) >= 11 is 8.12. The lowest BCUT2D eigenvalue weighted by Crippen LogP contribution is -2.39. The highest BCUT2D eigenvalue weighted by Gasteiger charge is 2.20. The molecule has 1 heterocycles. The summed E-state index contributed by atoms with van der Waals surface area (Å²) in [6.07, 6.45) is 1.80. The van der Waals surface area contributed by atoms with E-state index in [9.17, 15) is 0 Å². The van der Waals surface area contributed by atoms with Crippen LogP contribution in [0.2, 0.25) is 5.02 Å². The van der Waals surface area contributed by atoms with Crippen molar-refractivity contribution < 1.29 is 4.74 Å². The molecule has 1 aliphatic rings. The monoisotopic (exact) mass is 314 g/mol. The number of ether oxygens (including phenoxy) is 1. The molecule has 20 heavy (non-hydrogen) atoms. The number of thioether (sulfide) groups is 1. The zero-order valence-corrected chi connectivity index (χ0v) is 13.7. The lowest BCUT2D eigenvalue weighted by molar-refractivity contribution is 0.352. The molecule has 0 saturated carbocycles. The maximum Gasteiger partial charge on any atom is 0.125 e. The Balaban J connectivity index is 2.00. The van der Waals surface area contributed by atoms with Gasteiger partial charge in [0.15, 0.2) is 0 Å². The van der Waals surface area contributed by atoms with E-state index in [1.54, 1.807) is 0 Å². The van der Waals surface area contributed by atoms with Crippen LogP contribution in [0.15, 0.2) is 12.1 Å². The molecule has 1 atom stereocenters. The minimum Gasteiger partial charge on any atom is -0.493 e. The summed E-state index contributed by atoms with van der Waals surface area (Å²) in [5.41, 5.74) is 5.30. The third-order valence-corrected chi connectivity index (χ3v) is 5.06. The van der Waals surface area contributed by atoms with E-state index in [0.717, 1.165) is 47.3 Å². The van der Waals surface area contributed by atoms with Crippen molar-refractivity contribution >= 4 is 23.4 Å². The third-order valence-electron chi connectivity index (χ3n) is 3.30. The largest absolute Gasteiger partial charge is 0.493 e. The van der Waals surface area contributed by atoms with Crippen LogP contribution in [0.3, 0.4) is 0 Å². The summed E-state index contributed by atoms with van der Waals surface area (Å²) in [7, 11) is 0. The van der Waals surface area contributed by atoms with Crippen LogP contribution < -0.4 is 16.0 Å². The Morgan fingerprint density at radius 2 is 2.20 bits per heavy atom. The van der Waals surface area contributed by atoms with Crippen molar-refractivity contribution in [2.75, 3.05) is 18.1 Å². The topological polar surface area (TPSA) is 47.3 Å². The van der Waals surface area contributed by atoms with Crippen molar-refractivity contribution in [3.05, 3.63) is 28.3 Å². The molecule has 1 aliphatic heterocycles. The Kier molecular flexibility index (Phi) is 6.02. The highest BCUT2D eigenvalue weighted by molar-refractivity contribution is 7.99. The van der Waals surface area contributed by atoms with Gasteiger partial charge in [0.25, 0.3) is 0 Å². The molecular weight excluding hydrogens is 292 g/mol. The summed E-state index contributed by atoms with van der Waals surface area (Å²) in [4.78, 5) is 0. The number of hydrazine groups is 1. The second-order valence-corrected chi connectivity index (χ2v) is 7.16. The van der Waals surface area contributed by atoms with Gasteiger partial charge in [-0.25, -0.2) is 0 Å². The van der Waals surface area contributed by atoms with Gasteiger partial charge in [-0.15, -0.1) is 0 Å². The second-order valence-electron chi connectivity index (χ2n) is 5.65. The van der Waals surface area contributed by atoms with Crippen LogP contribution in [-0.4, -0.2) is 24.2 Å². The van der Waals surface area contributed by atoms with E-state index in [0.29, 0.717) is 5.92 Å². The zero-order valence-electron chi connectivity index (χ0n) is 12.1. The van der Waals surface area contributed by atoms with Crippen molar-refractivity contribution in [2.24, 2.45) is 11.8 Å². The lowest BCUT2D eigenvalue weighted by Gasteiger charge is -2.18. The van der Waals surface area contributed by atoms with Crippen LogP contribution in [0.1, 0.15) is 25.0 Å². The first-order valence-corrected chi connectivity index (χ1v) is 8.61. The molecule has 0 aliphatic carbocycles.